The Morgan fingerprint density at radius 2 is 1.96 bits per heavy atom. The van der Waals surface area contributed by atoms with Gasteiger partial charge in [-0.2, -0.15) is 0 Å². The Bertz CT molecular complexity index is 997. The highest BCUT2D eigenvalue weighted by molar-refractivity contribution is 5.89. The van der Waals surface area contributed by atoms with Gasteiger partial charge in [0.05, 0.1) is 0 Å². The second-order valence-corrected chi connectivity index (χ2v) is 5.95. The third kappa shape index (κ3) is 3.68. The molecule has 3 rings (SSSR count). The fourth-order valence-electron chi connectivity index (χ4n) is 2.62. The molecule has 1 heterocycles. The molecule has 0 saturated carbocycles. The van der Waals surface area contributed by atoms with Crippen molar-refractivity contribution in [1.29, 1.82) is 0 Å². The van der Waals surface area contributed by atoms with Crippen LogP contribution >= 0.6 is 0 Å². The van der Waals surface area contributed by atoms with E-state index in [2.05, 4.69) is 10.3 Å². The highest BCUT2D eigenvalue weighted by Gasteiger charge is 2.12. The number of halogens is 1. The van der Waals surface area contributed by atoms with Crippen LogP contribution in [0.4, 0.5) is 14.9 Å². The number of carbonyl (C=O) groups excluding carboxylic acids is 1. The van der Waals surface area contributed by atoms with Crippen molar-refractivity contribution in [3.8, 4) is 0 Å². The van der Waals surface area contributed by atoms with E-state index < -0.39 is 0 Å². The van der Waals surface area contributed by atoms with Crippen LogP contribution in [0.15, 0.2) is 53.3 Å². The molecule has 0 aliphatic rings. The highest BCUT2D eigenvalue weighted by Crippen LogP contribution is 2.17. The quantitative estimate of drug-likeness (QED) is 0.765. The molecule has 0 bridgehead atoms. The number of hydrogen-bond acceptors (Lipinski definition) is 2. The fourth-order valence-corrected chi connectivity index (χ4v) is 2.62. The van der Waals surface area contributed by atoms with Gasteiger partial charge < -0.3 is 15.2 Å². The largest absolute Gasteiger partial charge is 0.323 e. The second kappa shape index (κ2) is 6.76. The molecule has 0 spiro atoms. The zero-order valence-corrected chi connectivity index (χ0v) is 14.0. The minimum atomic E-state index is -0.382. The van der Waals surface area contributed by atoms with Gasteiger partial charge in [0.25, 0.3) is 0 Å². The summed E-state index contributed by atoms with van der Waals surface area (Å²) < 4.78 is 13.6. The fraction of sp³-hybridized carbons (Fsp3) is 0.158. The van der Waals surface area contributed by atoms with E-state index in [1.54, 1.807) is 26.1 Å². The van der Waals surface area contributed by atoms with Crippen molar-refractivity contribution in [2.75, 3.05) is 12.4 Å². The van der Waals surface area contributed by atoms with E-state index in [1.165, 1.54) is 17.0 Å². The lowest BCUT2D eigenvalue weighted by Crippen LogP contribution is -2.31. The van der Waals surface area contributed by atoms with Crippen molar-refractivity contribution < 1.29 is 9.18 Å². The monoisotopic (exact) mass is 339 g/mol. The molecule has 0 aliphatic heterocycles. The minimum Gasteiger partial charge on any atom is -0.323 e. The number of aryl methyl sites for hydroxylation is 1. The summed E-state index contributed by atoms with van der Waals surface area (Å²) in [5.74, 6) is -0.374. The van der Waals surface area contributed by atoms with Crippen LogP contribution in [0, 0.1) is 12.7 Å². The molecule has 128 valence electrons. The van der Waals surface area contributed by atoms with E-state index in [0.29, 0.717) is 11.3 Å². The third-order valence-electron chi connectivity index (χ3n) is 4.01. The van der Waals surface area contributed by atoms with E-state index >= 15 is 0 Å². The van der Waals surface area contributed by atoms with Crippen LogP contribution in [0.2, 0.25) is 0 Å². The van der Waals surface area contributed by atoms with Gasteiger partial charge in [-0.3, -0.25) is 4.79 Å². The van der Waals surface area contributed by atoms with Crippen molar-refractivity contribution >= 4 is 22.6 Å². The smallest absolute Gasteiger partial charge is 0.321 e. The zero-order chi connectivity index (χ0) is 18.0. The van der Waals surface area contributed by atoms with E-state index in [9.17, 15) is 14.0 Å². The van der Waals surface area contributed by atoms with Gasteiger partial charge in [0.15, 0.2) is 0 Å². The van der Waals surface area contributed by atoms with Gasteiger partial charge in [-0.1, -0.05) is 24.3 Å². The maximum Gasteiger partial charge on any atom is 0.321 e. The summed E-state index contributed by atoms with van der Waals surface area (Å²) in [5.41, 5.74) is 2.15. The van der Waals surface area contributed by atoms with Gasteiger partial charge in [0.2, 0.25) is 5.56 Å². The second-order valence-electron chi connectivity index (χ2n) is 5.95. The van der Waals surface area contributed by atoms with Crippen molar-refractivity contribution in [2.45, 2.75) is 13.5 Å². The Kier molecular flexibility index (Phi) is 4.52. The number of pyridine rings is 1. The lowest BCUT2D eigenvalue weighted by Gasteiger charge is -2.19. The molecule has 3 aromatic rings. The maximum absolute atomic E-state index is 13.6. The van der Waals surface area contributed by atoms with Gasteiger partial charge in [0, 0.05) is 36.2 Å². The molecule has 0 aliphatic carbocycles. The number of nitrogens with zero attached hydrogens (tertiary/aromatic N) is 1. The molecular formula is C19H18FN3O2. The number of nitrogens with one attached hydrogen (secondary N) is 2. The molecule has 2 N–H and O–H groups in total. The summed E-state index contributed by atoms with van der Waals surface area (Å²) in [5, 5.41) is 3.53. The first-order valence-corrected chi connectivity index (χ1v) is 7.83. The Labute approximate surface area is 144 Å². The molecule has 0 saturated heterocycles. The summed E-state index contributed by atoms with van der Waals surface area (Å²) in [6.07, 6.45) is 0. The van der Waals surface area contributed by atoms with Gasteiger partial charge >= 0.3 is 6.03 Å². The zero-order valence-electron chi connectivity index (χ0n) is 14.0. The predicted molar refractivity (Wildman–Crippen MR) is 96.2 cm³/mol. The Hall–Kier alpha value is -3.15. The Morgan fingerprint density at radius 1 is 1.20 bits per heavy atom. The average Bonchev–Trinajstić information content (AvgIpc) is 2.58. The van der Waals surface area contributed by atoms with Gasteiger partial charge in [-0.25, -0.2) is 9.18 Å². The summed E-state index contributed by atoms with van der Waals surface area (Å²) in [7, 11) is 1.62. The van der Waals surface area contributed by atoms with Crippen LogP contribution in [-0.4, -0.2) is 23.0 Å². The number of aromatic nitrogens is 1. The number of H-pyrrole nitrogens is 1. The molecule has 2 aromatic carbocycles. The van der Waals surface area contributed by atoms with Crippen LogP contribution in [0.1, 0.15) is 11.1 Å². The van der Waals surface area contributed by atoms with Crippen molar-refractivity contribution in [2.24, 2.45) is 0 Å². The first kappa shape index (κ1) is 16.7. The summed E-state index contributed by atoms with van der Waals surface area (Å²) in [4.78, 5) is 28.4. The number of amides is 2. The summed E-state index contributed by atoms with van der Waals surface area (Å²) in [6, 6.07) is 13.1. The lowest BCUT2D eigenvalue weighted by molar-refractivity contribution is 0.221. The number of benzene rings is 2. The predicted octanol–water partition coefficient (Wildman–Crippen LogP) is 3.64. The summed E-state index contributed by atoms with van der Waals surface area (Å²) in [6.45, 7) is 1.91. The number of hydrogen-bond donors (Lipinski definition) is 2. The van der Waals surface area contributed by atoms with Crippen molar-refractivity contribution in [3.05, 3.63) is 75.8 Å². The number of anilines is 1. The highest BCUT2D eigenvalue weighted by atomic mass is 19.1. The van der Waals surface area contributed by atoms with Crippen molar-refractivity contribution in [1.82, 2.24) is 9.88 Å². The topological polar surface area (TPSA) is 65.2 Å². The van der Waals surface area contributed by atoms with Crippen LogP contribution in [0.3, 0.4) is 0 Å². The van der Waals surface area contributed by atoms with Gasteiger partial charge in [-0.15, -0.1) is 0 Å². The molecule has 6 heteroatoms. The molecule has 1 aromatic heterocycles. The SMILES string of the molecule is Cc1ccc(NC(=O)N(C)Cc2cc(=O)[nH]c3ccccc23)cc1F. The number of fused-ring (bicyclic) bond motifs is 1. The Morgan fingerprint density at radius 3 is 2.72 bits per heavy atom. The first-order valence-electron chi connectivity index (χ1n) is 7.83. The molecule has 0 radical (unpaired) electrons. The lowest BCUT2D eigenvalue weighted by atomic mass is 10.1. The normalized spacial score (nSPS) is 10.7. The van der Waals surface area contributed by atoms with E-state index in [4.69, 9.17) is 0 Å². The van der Waals surface area contributed by atoms with Gasteiger partial charge in [-0.05, 0) is 36.2 Å². The van der Waals surface area contributed by atoms with Crippen LogP contribution in [0.25, 0.3) is 10.9 Å². The third-order valence-corrected chi connectivity index (χ3v) is 4.01. The molecule has 5 nitrogen and oxygen atoms in total. The Balaban J connectivity index is 1.80. The minimum absolute atomic E-state index is 0.219. The summed E-state index contributed by atoms with van der Waals surface area (Å²) >= 11 is 0. The van der Waals surface area contributed by atoms with E-state index in [-0.39, 0.29) is 24.0 Å². The number of urea groups is 1. The first-order chi connectivity index (χ1) is 11.9. The molecule has 25 heavy (non-hydrogen) atoms. The average molecular weight is 339 g/mol. The molecular weight excluding hydrogens is 321 g/mol. The number of rotatable bonds is 3. The van der Waals surface area contributed by atoms with Gasteiger partial charge in [0.1, 0.15) is 5.82 Å². The number of carbonyl (C=O) groups is 1. The number of aromatic amines is 1. The molecule has 2 amide bonds. The van der Waals surface area contributed by atoms with E-state index in [1.807, 2.05) is 24.3 Å². The van der Waals surface area contributed by atoms with Crippen LogP contribution in [0.5, 0.6) is 0 Å². The van der Waals surface area contributed by atoms with Crippen molar-refractivity contribution in [3.63, 3.8) is 0 Å². The van der Waals surface area contributed by atoms with Crippen LogP contribution in [-0.2, 0) is 6.54 Å². The maximum atomic E-state index is 13.6. The van der Waals surface area contributed by atoms with E-state index in [0.717, 1.165) is 16.5 Å². The van der Waals surface area contributed by atoms with Crippen LogP contribution < -0.4 is 10.9 Å². The standard InChI is InChI=1S/C19H18FN3O2/c1-12-7-8-14(10-16(12)20)21-19(25)23(2)11-13-9-18(24)22-17-6-4-3-5-15(13)17/h3-10H,11H2,1-2H3,(H,21,25)(H,22,24). The number of para-hydroxylation sites is 1. The molecule has 0 unspecified atom stereocenters. The molecule has 0 fully saturated rings. The molecule has 0 atom stereocenters.